The summed E-state index contributed by atoms with van der Waals surface area (Å²) in [5.74, 6) is 0. The molecule has 2 rings (SSSR count). The number of rotatable bonds is 4. The second-order valence-electron chi connectivity index (χ2n) is 5.18. The maximum Gasteiger partial charge on any atom is 0.0372 e. The molecule has 0 spiro atoms. The lowest BCUT2D eigenvalue weighted by Gasteiger charge is -2.23. The van der Waals surface area contributed by atoms with Crippen molar-refractivity contribution in [2.75, 3.05) is 18.4 Å². The molecule has 0 aromatic heterocycles. The van der Waals surface area contributed by atoms with Gasteiger partial charge in [0, 0.05) is 18.3 Å². The normalized spacial score (nSPS) is 20.2. The summed E-state index contributed by atoms with van der Waals surface area (Å²) in [4.78, 5) is 0. The molecule has 1 saturated heterocycles. The third-order valence-corrected chi connectivity index (χ3v) is 3.61. The van der Waals surface area contributed by atoms with Crippen molar-refractivity contribution in [1.82, 2.24) is 5.32 Å². The third kappa shape index (κ3) is 3.74. The fraction of sp³-hybridized carbons (Fsp3) is 0.600. The molecule has 17 heavy (non-hydrogen) atoms. The minimum Gasteiger partial charge on any atom is -0.385 e. The maximum absolute atomic E-state index is 3.59. The molecule has 1 heterocycles. The predicted octanol–water partition coefficient (Wildman–Crippen LogP) is 3.25. The van der Waals surface area contributed by atoms with Crippen LogP contribution >= 0.6 is 0 Å². The van der Waals surface area contributed by atoms with Crippen LogP contribution in [0.2, 0.25) is 0 Å². The Kier molecular flexibility index (Phi) is 4.43. The van der Waals surface area contributed by atoms with Gasteiger partial charge >= 0.3 is 0 Å². The van der Waals surface area contributed by atoms with Crippen LogP contribution in [0.4, 0.5) is 5.69 Å². The topological polar surface area (TPSA) is 24.1 Å². The summed E-state index contributed by atoms with van der Waals surface area (Å²) < 4.78 is 0. The summed E-state index contributed by atoms with van der Waals surface area (Å²) in [5, 5.41) is 7.15. The molecule has 1 aromatic rings. The van der Waals surface area contributed by atoms with Crippen molar-refractivity contribution >= 4 is 5.69 Å². The molecular weight excluding hydrogens is 208 g/mol. The van der Waals surface area contributed by atoms with Gasteiger partial charge in [-0.25, -0.2) is 0 Å². The van der Waals surface area contributed by atoms with E-state index in [-0.39, 0.29) is 0 Å². The van der Waals surface area contributed by atoms with Crippen LogP contribution in [0.1, 0.15) is 36.8 Å². The second-order valence-corrected chi connectivity index (χ2v) is 5.18. The average Bonchev–Trinajstić information content (AvgIpc) is 2.35. The van der Waals surface area contributed by atoms with Crippen molar-refractivity contribution in [2.24, 2.45) is 0 Å². The molecule has 0 aliphatic carbocycles. The minimum absolute atomic E-state index is 0.723. The zero-order valence-corrected chi connectivity index (χ0v) is 11.1. The highest BCUT2D eigenvalue weighted by molar-refractivity contribution is 5.52. The summed E-state index contributed by atoms with van der Waals surface area (Å²) >= 11 is 0. The Balaban J connectivity index is 1.79. The van der Waals surface area contributed by atoms with Gasteiger partial charge in [-0.1, -0.05) is 18.6 Å². The van der Waals surface area contributed by atoms with Crippen molar-refractivity contribution in [1.29, 1.82) is 0 Å². The SMILES string of the molecule is Cc1ccc(C)c(NCCC2CCCCN2)c1. The molecule has 0 saturated carbocycles. The summed E-state index contributed by atoms with van der Waals surface area (Å²) in [7, 11) is 0. The first-order valence-electron chi connectivity index (χ1n) is 6.80. The average molecular weight is 232 g/mol. The Hall–Kier alpha value is -1.02. The van der Waals surface area contributed by atoms with Crippen molar-refractivity contribution in [3.8, 4) is 0 Å². The number of benzene rings is 1. The Bertz CT molecular complexity index is 354. The summed E-state index contributed by atoms with van der Waals surface area (Å²) in [6.07, 6.45) is 5.31. The smallest absolute Gasteiger partial charge is 0.0372 e. The van der Waals surface area contributed by atoms with Crippen LogP contribution in [0.15, 0.2) is 18.2 Å². The molecule has 1 aromatic carbocycles. The molecule has 2 nitrogen and oxygen atoms in total. The molecule has 0 bridgehead atoms. The molecule has 2 N–H and O–H groups in total. The van der Waals surface area contributed by atoms with Crippen molar-refractivity contribution in [2.45, 2.75) is 45.6 Å². The number of hydrogen-bond donors (Lipinski definition) is 2. The zero-order valence-electron chi connectivity index (χ0n) is 11.1. The fourth-order valence-corrected chi connectivity index (χ4v) is 2.48. The van der Waals surface area contributed by atoms with Crippen LogP contribution in [0.3, 0.4) is 0 Å². The van der Waals surface area contributed by atoms with E-state index >= 15 is 0 Å². The van der Waals surface area contributed by atoms with Gasteiger partial charge in [-0.3, -0.25) is 0 Å². The molecule has 94 valence electrons. The van der Waals surface area contributed by atoms with Crippen molar-refractivity contribution in [3.63, 3.8) is 0 Å². The number of aryl methyl sites for hydroxylation is 2. The van der Waals surface area contributed by atoms with Gasteiger partial charge in [-0.15, -0.1) is 0 Å². The molecule has 2 heteroatoms. The Morgan fingerprint density at radius 3 is 2.94 bits per heavy atom. The first-order valence-corrected chi connectivity index (χ1v) is 6.80. The van der Waals surface area contributed by atoms with E-state index in [0.717, 1.165) is 12.6 Å². The van der Waals surface area contributed by atoms with Crippen LogP contribution in [-0.4, -0.2) is 19.1 Å². The molecule has 1 aliphatic rings. The number of hydrogen-bond acceptors (Lipinski definition) is 2. The molecule has 1 unspecified atom stereocenters. The van der Waals surface area contributed by atoms with Crippen LogP contribution in [0.5, 0.6) is 0 Å². The van der Waals surface area contributed by atoms with E-state index in [2.05, 4.69) is 42.7 Å². The van der Waals surface area contributed by atoms with E-state index in [9.17, 15) is 0 Å². The monoisotopic (exact) mass is 232 g/mol. The van der Waals surface area contributed by atoms with Crippen LogP contribution in [0.25, 0.3) is 0 Å². The van der Waals surface area contributed by atoms with Gasteiger partial charge in [-0.2, -0.15) is 0 Å². The number of anilines is 1. The van der Waals surface area contributed by atoms with Crippen molar-refractivity contribution < 1.29 is 0 Å². The lowest BCUT2D eigenvalue weighted by molar-refractivity contribution is 0.389. The lowest BCUT2D eigenvalue weighted by Crippen LogP contribution is -2.35. The van der Waals surface area contributed by atoms with Gasteiger partial charge in [0.2, 0.25) is 0 Å². The third-order valence-electron chi connectivity index (χ3n) is 3.61. The van der Waals surface area contributed by atoms with Crippen molar-refractivity contribution in [3.05, 3.63) is 29.3 Å². The molecule has 1 atom stereocenters. The lowest BCUT2D eigenvalue weighted by atomic mass is 10.0. The van der Waals surface area contributed by atoms with Gasteiger partial charge in [0.25, 0.3) is 0 Å². The van der Waals surface area contributed by atoms with Crippen LogP contribution in [-0.2, 0) is 0 Å². The maximum atomic E-state index is 3.59. The van der Waals surface area contributed by atoms with Crippen LogP contribution < -0.4 is 10.6 Å². The number of piperidine rings is 1. The van der Waals surface area contributed by atoms with Crippen LogP contribution in [0, 0.1) is 13.8 Å². The molecule has 0 amide bonds. The number of nitrogens with one attached hydrogen (secondary N) is 2. The van der Waals surface area contributed by atoms with E-state index in [1.165, 1.54) is 49.0 Å². The molecule has 1 aliphatic heterocycles. The van der Waals surface area contributed by atoms with E-state index in [1.807, 2.05) is 0 Å². The molecule has 0 radical (unpaired) electrons. The zero-order chi connectivity index (χ0) is 12.1. The summed E-state index contributed by atoms with van der Waals surface area (Å²) in [5.41, 5.74) is 3.96. The first-order chi connectivity index (χ1) is 8.25. The fourth-order valence-electron chi connectivity index (χ4n) is 2.48. The largest absolute Gasteiger partial charge is 0.385 e. The van der Waals surface area contributed by atoms with Gasteiger partial charge < -0.3 is 10.6 Å². The van der Waals surface area contributed by atoms with E-state index in [4.69, 9.17) is 0 Å². The predicted molar refractivity (Wildman–Crippen MR) is 74.7 cm³/mol. The summed E-state index contributed by atoms with van der Waals surface area (Å²) in [6.45, 7) is 6.59. The van der Waals surface area contributed by atoms with E-state index in [1.54, 1.807) is 0 Å². The quantitative estimate of drug-likeness (QED) is 0.832. The molecular formula is C15H24N2. The van der Waals surface area contributed by atoms with Gasteiger partial charge in [0.15, 0.2) is 0 Å². The molecule has 1 fully saturated rings. The highest BCUT2D eigenvalue weighted by Crippen LogP contribution is 2.17. The Morgan fingerprint density at radius 2 is 2.18 bits per heavy atom. The second kappa shape index (κ2) is 6.06. The Morgan fingerprint density at radius 1 is 1.29 bits per heavy atom. The first kappa shape index (κ1) is 12.4. The minimum atomic E-state index is 0.723. The summed E-state index contributed by atoms with van der Waals surface area (Å²) in [6, 6.07) is 7.32. The highest BCUT2D eigenvalue weighted by Gasteiger charge is 2.11. The van der Waals surface area contributed by atoms with Gasteiger partial charge in [0.1, 0.15) is 0 Å². The van der Waals surface area contributed by atoms with Gasteiger partial charge in [0.05, 0.1) is 0 Å². The van der Waals surface area contributed by atoms with E-state index < -0.39 is 0 Å². The van der Waals surface area contributed by atoms with Gasteiger partial charge in [-0.05, 0) is 56.8 Å². The standard InChI is InChI=1S/C15H24N2/c1-12-6-7-13(2)15(11-12)17-10-8-14-5-3-4-9-16-14/h6-7,11,14,16-17H,3-5,8-10H2,1-2H3. The van der Waals surface area contributed by atoms with E-state index in [0.29, 0.717) is 0 Å². The Labute approximate surface area is 105 Å². The highest BCUT2D eigenvalue weighted by atomic mass is 14.9.